The monoisotopic (exact) mass is 308 g/mol. The van der Waals surface area contributed by atoms with Crippen LogP contribution in [0.2, 0.25) is 0 Å². The molecule has 6 nitrogen and oxygen atoms in total. The Morgan fingerprint density at radius 3 is 2.39 bits per heavy atom. The first kappa shape index (κ1) is 14.5. The highest BCUT2D eigenvalue weighted by Gasteiger charge is 2.13. The van der Waals surface area contributed by atoms with Crippen LogP contribution in [0.25, 0.3) is 10.9 Å². The first-order valence-corrected chi connectivity index (χ1v) is 6.75. The Hall–Kier alpha value is -3.41. The molecule has 0 saturated heterocycles. The third kappa shape index (κ3) is 2.96. The van der Waals surface area contributed by atoms with Crippen LogP contribution in [0.5, 0.6) is 11.6 Å². The molecule has 3 N–H and O–H groups in total. The summed E-state index contributed by atoms with van der Waals surface area (Å²) in [5, 5.41) is 9.87. The Kier molecular flexibility index (Phi) is 3.64. The van der Waals surface area contributed by atoms with Crippen LogP contribution in [0.4, 0.5) is 0 Å². The Balaban J connectivity index is 1.99. The molecule has 0 radical (unpaired) electrons. The third-order valence-corrected chi connectivity index (χ3v) is 3.28. The number of amides is 1. The summed E-state index contributed by atoms with van der Waals surface area (Å²) >= 11 is 0. The van der Waals surface area contributed by atoms with Gasteiger partial charge in [0.1, 0.15) is 5.75 Å². The summed E-state index contributed by atoms with van der Waals surface area (Å²) in [5.74, 6) is -1.01. The van der Waals surface area contributed by atoms with Crippen LogP contribution in [0.1, 0.15) is 20.7 Å². The van der Waals surface area contributed by atoms with Crippen molar-refractivity contribution in [2.45, 2.75) is 0 Å². The fourth-order valence-corrected chi connectivity index (χ4v) is 2.19. The van der Waals surface area contributed by atoms with E-state index in [2.05, 4.69) is 4.98 Å². The number of primary amides is 1. The van der Waals surface area contributed by atoms with E-state index in [1.165, 1.54) is 18.2 Å². The topological polar surface area (TPSA) is 103 Å². The number of nitrogens with two attached hydrogens (primary N) is 1. The second-order valence-electron chi connectivity index (χ2n) is 4.82. The van der Waals surface area contributed by atoms with Gasteiger partial charge in [-0.15, -0.1) is 0 Å². The number of fused-ring (bicyclic) bond motifs is 1. The van der Waals surface area contributed by atoms with E-state index >= 15 is 0 Å². The molecule has 0 saturated carbocycles. The molecule has 3 rings (SSSR count). The van der Waals surface area contributed by atoms with Crippen molar-refractivity contribution in [2.75, 3.05) is 0 Å². The average Bonchev–Trinajstić information content (AvgIpc) is 2.54. The maximum absolute atomic E-state index is 11.4. The van der Waals surface area contributed by atoms with E-state index in [4.69, 9.17) is 10.5 Å². The highest BCUT2D eigenvalue weighted by Crippen LogP contribution is 2.26. The first-order valence-electron chi connectivity index (χ1n) is 6.75. The molecule has 2 aromatic carbocycles. The number of ether oxygens (including phenoxy) is 1. The molecule has 1 aromatic heterocycles. The fraction of sp³-hybridized carbons (Fsp3) is 0. The Morgan fingerprint density at radius 2 is 1.74 bits per heavy atom. The highest BCUT2D eigenvalue weighted by molar-refractivity contribution is 6.02. The largest absolute Gasteiger partial charge is 0.478 e. The molecule has 0 fully saturated rings. The zero-order valence-electron chi connectivity index (χ0n) is 11.9. The molecule has 3 aromatic rings. The second-order valence-corrected chi connectivity index (χ2v) is 4.82. The van der Waals surface area contributed by atoms with Crippen LogP contribution in [0.3, 0.4) is 0 Å². The summed E-state index contributed by atoms with van der Waals surface area (Å²) in [6.07, 6.45) is 0. The zero-order valence-corrected chi connectivity index (χ0v) is 11.9. The van der Waals surface area contributed by atoms with Gasteiger partial charge in [0.15, 0.2) is 0 Å². The van der Waals surface area contributed by atoms with Crippen LogP contribution in [0.15, 0.2) is 54.6 Å². The number of carboxylic acid groups (broad SMARTS) is 1. The minimum absolute atomic E-state index is 0.111. The number of carbonyl (C=O) groups excluding carboxylic acids is 1. The Labute approximate surface area is 131 Å². The molecular weight excluding hydrogens is 296 g/mol. The van der Waals surface area contributed by atoms with Crippen LogP contribution in [-0.4, -0.2) is 22.0 Å². The summed E-state index contributed by atoms with van der Waals surface area (Å²) in [6.45, 7) is 0. The molecule has 0 aliphatic carbocycles. The minimum Gasteiger partial charge on any atom is -0.478 e. The Morgan fingerprint density at radius 1 is 1.04 bits per heavy atom. The lowest BCUT2D eigenvalue weighted by Crippen LogP contribution is -2.10. The van der Waals surface area contributed by atoms with Gasteiger partial charge in [-0.25, -0.2) is 9.78 Å². The number of aromatic carboxylic acids is 1. The molecule has 1 amide bonds. The lowest BCUT2D eigenvalue weighted by molar-refractivity contribution is 0.0698. The molecule has 6 heteroatoms. The summed E-state index contributed by atoms with van der Waals surface area (Å²) in [4.78, 5) is 26.7. The number of benzene rings is 2. The van der Waals surface area contributed by atoms with Crippen LogP contribution < -0.4 is 10.5 Å². The summed E-state index contributed by atoms with van der Waals surface area (Å²) in [5.41, 5.74) is 6.17. The normalized spacial score (nSPS) is 10.4. The molecule has 23 heavy (non-hydrogen) atoms. The van der Waals surface area contributed by atoms with Gasteiger partial charge >= 0.3 is 5.97 Å². The number of pyridine rings is 1. The maximum Gasteiger partial charge on any atom is 0.336 e. The minimum atomic E-state index is -1.06. The molecule has 0 aliphatic rings. The summed E-state index contributed by atoms with van der Waals surface area (Å²) in [6, 6.07) is 14.5. The Bertz CT molecular complexity index is 904. The van der Waals surface area contributed by atoms with Gasteiger partial charge in [0.2, 0.25) is 11.8 Å². The summed E-state index contributed by atoms with van der Waals surface area (Å²) < 4.78 is 5.59. The van der Waals surface area contributed by atoms with Gasteiger partial charge in [-0.3, -0.25) is 4.79 Å². The highest BCUT2D eigenvalue weighted by atomic mass is 16.5. The molecule has 114 valence electrons. The predicted molar refractivity (Wildman–Crippen MR) is 83.7 cm³/mol. The van der Waals surface area contributed by atoms with E-state index in [0.29, 0.717) is 22.2 Å². The van der Waals surface area contributed by atoms with E-state index in [1.54, 1.807) is 36.4 Å². The van der Waals surface area contributed by atoms with Gasteiger partial charge in [0.05, 0.1) is 11.1 Å². The number of carboxylic acids is 1. The third-order valence-electron chi connectivity index (χ3n) is 3.28. The second kappa shape index (κ2) is 5.76. The van der Waals surface area contributed by atoms with Gasteiger partial charge in [0.25, 0.3) is 0 Å². The standard InChI is InChI=1S/C17H12N2O4/c18-16(20)10-5-7-11(8-6-10)23-15-9-13(17(21)22)12-3-1-2-4-14(12)19-15/h1-9H,(H2,18,20)(H,21,22). The van der Waals surface area contributed by atoms with Crippen molar-refractivity contribution in [1.82, 2.24) is 4.98 Å². The average molecular weight is 308 g/mol. The van der Waals surface area contributed by atoms with E-state index in [0.717, 1.165) is 0 Å². The van der Waals surface area contributed by atoms with Crippen molar-refractivity contribution in [3.8, 4) is 11.6 Å². The van der Waals surface area contributed by atoms with E-state index < -0.39 is 11.9 Å². The number of hydrogen-bond donors (Lipinski definition) is 2. The number of rotatable bonds is 4. The SMILES string of the molecule is NC(=O)c1ccc(Oc2cc(C(=O)O)c3ccccc3n2)cc1. The molecular formula is C17H12N2O4. The molecule has 0 bridgehead atoms. The quantitative estimate of drug-likeness (QED) is 0.771. The van der Waals surface area contributed by atoms with Crippen molar-refractivity contribution >= 4 is 22.8 Å². The van der Waals surface area contributed by atoms with Crippen molar-refractivity contribution in [3.63, 3.8) is 0 Å². The maximum atomic E-state index is 11.4. The number of para-hydroxylation sites is 1. The number of nitrogens with zero attached hydrogens (tertiary/aromatic N) is 1. The zero-order chi connectivity index (χ0) is 16.4. The van der Waals surface area contributed by atoms with Gasteiger partial charge < -0.3 is 15.6 Å². The smallest absolute Gasteiger partial charge is 0.336 e. The van der Waals surface area contributed by atoms with Gasteiger partial charge in [-0.1, -0.05) is 18.2 Å². The molecule has 0 aliphatic heterocycles. The number of aromatic nitrogens is 1. The van der Waals surface area contributed by atoms with Crippen LogP contribution >= 0.6 is 0 Å². The van der Waals surface area contributed by atoms with Crippen molar-refractivity contribution < 1.29 is 19.4 Å². The van der Waals surface area contributed by atoms with Gasteiger partial charge in [-0.05, 0) is 30.3 Å². The van der Waals surface area contributed by atoms with Gasteiger partial charge in [-0.2, -0.15) is 0 Å². The predicted octanol–water partition coefficient (Wildman–Crippen LogP) is 2.82. The van der Waals surface area contributed by atoms with Gasteiger partial charge in [0, 0.05) is 17.0 Å². The van der Waals surface area contributed by atoms with Crippen LogP contribution in [-0.2, 0) is 0 Å². The molecule has 0 unspecified atom stereocenters. The first-order chi connectivity index (χ1) is 11.0. The van der Waals surface area contributed by atoms with Crippen molar-refractivity contribution in [1.29, 1.82) is 0 Å². The molecule has 0 atom stereocenters. The van der Waals surface area contributed by atoms with Crippen LogP contribution in [0, 0.1) is 0 Å². The molecule has 0 spiro atoms. The van der Waals surface area contributed by atoms with E-state index in [9.17, 15) is 14.7 Å². The van der Waals surface area contributed by atoms with E-state index in [-0.39, 0.29) is 11.4 Å². The van der Waals surface area contributed by atoms with Crippen molar-refractivity contribution in [3.05, 3.63) is 65.7 Å². The van der Waals surface area contributed by atoms with E-state index in [1.807, 2.05) is 0 Å². The fourth-order valence-electron chi connectivity index (χ4n) is 2.19. The van der Waals surface area contributed by atoms with Crippen molar-refractivity contribution in [2.24, 2.45) is 5.73 Å². The summed E-state index contributed by atoms with van der Waals surface area (Å²) in [7, 11) is 0. The lowest BCUT2D eigenvalue weighted by Gasteiger charge is -2.08. The number of hydrogen-bond acceptors (Lipinski definition) is 4. The number of carbonyl (C=O) groups is 2. The molecule has 1 heterocycles. The lowest BCUT2D eigenvalue weighted by atomic mass is 10.1.